The molecule has 0 aliphatic heterocycles. The van der Waals surface area contributed by atoms with E-state index in [0.29, 0.717) is 35.2 Å². The van der Waals surface area contributed by atoms with E-state index in [2.05, 4.69) is 25.6 Å². The number of aromatic amines is 1. The van der Waals surface area contributed by atoms with Gasteiger partial charge in [0.05, 0.1) is 23.8 Å². The van der Waals surface area contributed by atoms with Crippen molar-refractivity contribution in [3.05, 3.63) is 48.3 Å². The first-order chi connectivity index (χ1) is 13.4. The second kappa shape index (κ2) is 7.31. The number of hydrogen-bond acceptors (Lipinski definition) is 5. The fraction of sp³-hybridized carbons (Fsp3) is 0.368. The summed E-state index contributed by atoms with van der Waals surface area (Å²) in [5, 5.41) is 16.4. The van der Waals surface area contributed by atoms with Crippen LogP contribution in [-0.4, -0.2) is 32.3 Å². The van der Waals surface area contributed by atoms with Crippen LogP contribution in [0.3, 0.4) is 0 Å². The number of rotatable bonds is 5. The van der Waals surface area contributed by atoms with E-state index in [1.54, 1.807) is 24.5 Å². The molecule has 0 amide bonds. The van der Waals surface area contributed by atoms with Gasteiger partial charge < -0.3 is 20.7 Å². The molecule has 28 heavy (non-hydrogen) atoms. The fourth-order valence-corrected chi connectivity index (χ4v) is 3.51. The maximum absolute atomic E-state index is 13.4. The number of pyridine rings is 2. The summed E-state index contributed by atoms with van der Waals surface area (Å²) < 4.78 is 39.9. The van der Waals surface area contributed by atoms with Crippen LogP contribution in [0.15, 0.2) is 36.8 Å². The second-order valence-electron chi connectivity index (χ2n) is 7.05. The molecule has 1 saturated carbocycles. The number of aliphatic hydroxyl groups is 1. The number of nitrogens with zero attached hydrogens (tertiary/aromatic N) is 2. The number of anilines is 2. The van der Waals surface area contributed by atoms with Gasteiger partial charge in [-0.05, 0) is 31.0 Å². The molecule has 148 valence electrons. The Morgan fingerprint density at radius 2 is 1.93 bits per heavy atom. The zero-order valence-corrected chi connectivity index (χ0v) is 14.9. The van der Waals surface area contributed by atoms with Crippen LogP contribution in [0.4, 0.5) is 24.5 Å². The number of halogens is 3. The number of H-pyrrole nitrogens is 1. The molecular formula is C19H20F3N5O. The minimum Gasteiger partial charge on any atom is -0.357 e. The lowest BCUT2D eigenvalue weighted by atomic mass is 9.84. The highest BCUT2D eigenvalue weighted by atomic mass is 19.3. The van der Waals surface area contributed by atoms with Crippen LogP contribution < -0.4 is 10.6 Å². The third-order valence-corrected chi connectivity index (χ3v) is 5.02. The molecular weight excluding hydrogens is 371 g/mol. The van der Waals surface area contributed by atoms with Crippen LogP contribution in [0.25, 0.3) is 11.0 Å². The SMILES string of the molecule is OC(Nc1ccc(C2CCC(F)(F)CC2)nc1)Nc1c[nH]c2ncc(F)cc12. The van der Waals surface area contributed by atoms with Gasteiger partial charge in [0.25, 0.3) is 0 Å². The molecule has 1 fully saturated rings. The van der Waals surface area contributed by atoms with Gasteiger partial charge in [-0.25, -0.2) is 18.2 Å². The Morgan fingerprint density at radius 1 is 1.14 bits per heavy atom. The molecule has 0 spiro atoms. The lowest BCUT2D eigenvalue weighted by Crippen LogP contribution is -2.28. The molecule has 1 unspecified atom stereocenters. The van der Waals surface area contributed by atoms with Crippen LogP contribution in [-0.2, 0) is 0 Å². The summed E-state index contributed by atoms with van der Waals surface area (Å²) in [4.78, 5) is 11.2. The van der Waals surface area contributed by atoms with E-state index >= 15 is 0 Å². The Morgan fingerprint density at radius 3 is 2.64 bits per heavy atom. The summed E-state index contributed by atoms with van der Waals surface area (Å²) >= 11 is 0. The zero-order chi connectivity index (χ0) is 19.7. The number of hydrogen-bond donors (Lipinski definition) is 4. The van der Waals surface area contributed by atoms with Crippen LogP contribution >= 0.6 is 0 Å². The van der Waals surface area contributed by atoms with Gasteiger partial charge in [0, 0.05) is 36.0 Å². The normalized spacial score (nSPS) is 18.1. The smallest absolute Gasteiger partial charge is 0.248 e. The van der Waals surface area contributed by atoms with Gasteiger partial charge in [0.15, 0.2) is 0 Å². The Kier molecular flexibility index (Phi) is 4.84. The molecule has 0 aromatic carbocycles. The van der Waals surface area contributed by atoms with Crippen molar-refractivity contribution in [1.29, 1.82) is 0 Å². The number of aliphatic hydroxyl groups excluding tert-OH is 1. The van der Waals surface area contributed by atoms with E-state index in [-0.39, 0.29) is 18.8 Å². The van der Waals surface area contributed by atoms with Crippen molar-refractivity contribution < 1.29 is 18.3 Å². The number of fused-ring (bicyclic) bond motifs is 1. The zero-order valence-electron chi connectivity index (χ0n) is 14.9. The minimum atomic E-state index is -2.56. The summed E-state index contributed by atoms with van der Waals surface area (Å²) in [6.45, 7) is 0. The lowest BCUT2D eigenvalue weighted by Gasteiger charge is -2.27. The van der Waals surface area contributed by atoms with Crippen molar-refractivity contribution in [3.63, 3.8) is 0 Å². The number of alkyl halides is 2. The van der Waals surface area contributed by atoms with Gasteiger partial charge in [-0.1, -0.05) is 0 Å². The first kappa shape index (κ1) is 18.5. The van der Waals surface area contributed by atoms with E-state index in [0.717, 1.165) is 11.9 Å². The van der Waals surface area contributed by atoms with E-state index in [4.69, 9.17) is 0 Å². The lowest BCUT2D eigenvalue weighted by molar-refractivity contribution is -0.0384. The summed E-state index contributed by atoms with van der Waals surface area (Å²) in [6, 6.07) is 4.85. The average Bonchev–Trinajstić information content (AvgIpc) is 3.04. The van der Waals surface area contributed by atoms with E-state index < -0.39 is 18.1 Å². The number of nitrogens with one attached hydrogen (secondary N) is 3. The molecule has 0 saturated heterocycles. The van der Waals surface area contributed by atoms with Crippen molar-refractivity contribution >= 4 is 22.4 Å². The minimum absolute atomic E-state index is 0.0327. The van der Waals surface area contributed by atoms with Gasteiger partial charge >= 0.3 is 0 Å². The van der Waals surface area contributed by atoms with Crippen molar-refractivity contribution in [2.24, 2.45) is 0 Å². The summed E-state index contributed by atoms with van der Waals surface area (Å²) in [7, 11) is 0. The molecule has 1 aliphatic carbocycles. The van der Waals surface area contributed by atoms with Gasteiger partial charge in [0.1, 0.15) is 11.5 Å². The van der Waals surface area contributed by atoms with Gasteiger partial charge in [0.2, 0.25) is 12.3 Å². The van der Waals surface area contributed by atoms with E-state index in [1.807, 2.05) is 0 Å². The molecule has 6 nitrogen and oxygen atoms in total. The van der Waals surface area contributed by atoms with E-state index in [9.17, 15) is 18.3 Å². The van der Waals surface area contributed by atoms with Crippen molar-refractivity contribution in [2.75, 3.05) is 10.6 Å². The standard InChI is InChI=1S/C19H20F3N5O/c20-12-7-14-16(10-25-17(14)24-8-12)27-18(28)26-13-1-2-15(23-9-13)11-3-5-19(21,22)6-4-11/h1-2,7-11,18,26-28H,3-6H2,(H,24,25). The maximum atomic E-state index is 13.4. The third kappa shape index (κ3) is 4.04. The highest BCUT2D eigenvalue weighted by Crippen LogP contribution is 2.40. The highest BCUT2D eigenvalue weighted by Gasteiger charge is 2.35. The van der Waals surface area contributed by atoms with Crippen LogP contribution in [0.5, 0.6) is 0 Å². The van der Waals surface area contributed by atoms with E-state index in [1.165, 1.54) is 6.07 Å². The molecule has 4 N–H and O–H groups in total. The Hall–Kier alpha value is -2.81. The molecule has 1 aliphatic rings. The average molecular weight is 391 g/mol. The predicted octanol–water partition coefficient (Wildman–Crippen LogP) is 4.19. The molecule has 4 rings (SSSR count). The van der Waals surface area contributed by atoms with Gasteiger partial charge in [-0.3, -0.25) is 4.98 Å². The van der Waals surface area contributed by atoms with Crippen molar-refractivity contribution in [1.82, 2.24) is 15.0 Å². The Labute approximate surface area is 159 Å². The monoisotopic (exact) mass is 391 g/mol. The molecule has 0 radical (unpaired) electrons. The summed E-state index contributed by atoms with van der Waals surface area (Å²) in [5.74, 6) is -3.00. The largest absolute Gasteiger partial charge is 0.357 e. The van der Waals surface area contributed by atoms with Crippen LogP contribution in [0.2, 0.25) is 0 Å². The van der Waals surface area contributed by atoms with Crippen LogP contribution in [0.1, 0.15) is 37.3 Å². The quantitative estimate of drug-likeness (QED) is 0.490. The first-order valence-electron chi connectivity index (χ1n) is 9.07. The third-order valence-electron chi connectivity index (χ3n) is 5.02. The topological polar surface area (TPSA) is 85.9 Å². The second-order valence-corrected chi connectivity index (χ2v) is 7.05. The predicted molar refractivity (Wildman–Crippen MR) is 99.7 cm³/mol. The summed E-state index contributed by atoms with van der Waals surface area (Å²) in [6.07, 6.45) is 3.72. The first-order valence-corrected chi connectivity index (χ1v) is 9.07. The molecule has 3 aromatic rings. The molecule has 1 atom stereocenters. The van der Waals surface area contributed by atoms with Crippen molar-refractivity contribution in [2.45, 2.75) is 43.9 Å². The van der Waals surface area contributed by atoms with Crippen molar-refractivity contribution in [3.8, 4) is 0 Å². The maximum Gasteiger partial charge on any atom is 0.248 e. The fourth-order valence-electron chi connectivity index (χ4n) is 3.51. The van der Waals surface area contributed by atoms with Gasteiger partial charge in [-0.2, -0.15) is 0 Å². The Balaban J connectivity index is 1.38. The highest BCUT2D eigenvalue weighted by molar-refractivity contribution is 5.89. The molecule has 9 heteroatoms. The number of aromatic nitrogens is 3. The van der Waals surface area contributed by atoms with Crippen LogP contribution in [0, 0.1) is 5.82 Å². The molecule has 3 heterocycles. The Bertz CT molecular complexity index is 950. The molecule has 3 aromatic heterocycles. The van der Waals surface area contributed by atoms with Gasteiger partial charge in [-0.15, -0.1) is 0 Å². The summed E-state index contributed by atoms with van der Waals surface area (Å²) in [5.41, 5.74) is 2.34. The molecule has 0 bridgehead atoms.